The average Bonchev–Trinajstić information content (AvgIpc) is 3.14. The summed E-state index contributed by atoms with van der Waals surface area (Å²) >= 11 is 5.71. The molecular weight excluding hydrogens is 356 g/mol. The highest BCUT2D eigenvalue weighted by Gasteiger charge is 2.71. The van der Waals surface area contributed by atoms with Crippen LogP contribution in [0.25, 0.3) is 0 Å². The molecule has 0 aromatic heterocycles. The van der Waals surface area contributed by atoms with Gasteiger partial charge in [0.2, 0.25) is 5.91 Å². The van der Waals surface area contributed by atoms with Crippen LogP contribution in [0.4, 0.5) is 10.5 Å². The van der Waals surface area contributed by atoms with Crippen molar-refractivity contribution in [2.75, 3.05) is 24.0 Å². The quantitative estimate of drug-likeness (QED) is 0.650. The molecule has 7 heteroatoms. The molecule has 0 saturated carbocycles. The molecule has 4 rings (SSSR count). The lowest BCUT2D eigenvalue weighted by atomic mass is 9.67. The van der Waals surface area contributed by atoms with Crippen molar-refractivity contribution in [1.29, 1.82) is 0 Å². The second-order valence-corrected chi connectivity index (χ2v) is 6.98. The number of halogens is 1. The lowest BCUT2D eigenvalue weighted by Crippen LogP contribution is -2.69. The predicted molar refractivity (Wildman–Crippen MR) is 97.3 cm³/mol. The molecule has 0 unspecified atom stereocenters. The number of benzene rings is 1. The van der Waals surface area contributed by atoms with E-state index in [0.29, 0.717) is 13.0 Å². The molecule has 2 aliphatic heterocycles. The number of carbonyl (C=O) groups is 2. The Balaban J connectivity index is 1.91. The molecule has 1 aliphatic carbocycles. The maximum Gasteiger partial charge on any atom is 0.416 e. The number of amides is 2. The summed E-state index contributed by atoms with van der Waals surface area (Å²) in [4.78, 5) is 26.6. The van der Waals surface area contributed by atoms with Crippen molar-refractivity contribution >= 4 is 29.3 Å². The monoisotopic (exact) mass is 376 g/mol. The van der Waals surface area contributed by atoms with Crippen molar-refractivity contribution in [2.24, 2.45) is 0 Å². The molecule has 2 amide bonds. The van der Waals surface area contributed by atoms with E-state index >= 15 is 0 Å². The van der Waals surface area contributed by atoms with E-state index < -0.39 is 23.3 Å². The van der Waals surface area contributed by atoms with Gasteiger partial charge < -0.3 is 14.8 Å². The van der Waals surface area contributed by atoms with Gasteiger partial charge in [-0.15, -0.1) is 11.6 Å². The van der Waals surface area contributed by atoms with E-state index in [0.717, 1.165) is 17.7 Å². The van der Waals surface area contributed by atoms with Crippen LogP contribution in [0.1, 0.15) is 25.3 Å². The summed E-state index contributed by atoms with van der Waals surface area (Å²) in [6.45, 7) is 2.52. The Morgan fingerprint density at radius 3 is 3.00 bits per heavy atom. The minimum absolute atomic E-state index is 0.143. The molecule has 1 aromatic rings. The topological polar surface area (TPSA) is 67.9 Å². The van der Waals surface area contributed by atoms with Crippen LogP contribution in [0.15, 0.2) is 36.4 Å². The van der Waals surface area contributed by atoms with Crippen molar-refractivity contribution < 1.29 is 19.1 Å². The van der Waals surface area contributed by atoms with Gasteiger partial charge in [0, 0.05) is 0 Å². The zero-order valence-electron chi connectivity index (χ0n) is 14.5. The standard InChI is InChI=1S/C19H21ClN2O4/c1-2-25-17(24)22-14-7-4-3-6-13(14)18-9-5-8-15(21-16(23)12-20)19(18,22)26-11-10-18/h3-7,9,15H,2,8,10-12H2,1H3,(H,21,23)/t15-,18-,19-/m0/s1. The number of para-hydroxylation sites is 1. The largest absolute Gasteiger partial charge is 0.449 e. The molecular formula is C19H21ClN2O4. The van der Waals surface area contributed by atoms with Gasteiger partial charge in [0.05, 0.1) is 30.4 Å². The molecule has 0 bridgehead atoms. The van der Waals surface area contributed by atoms with Crippen molar-refractivity contribution in [3.05, 3.63) is 42.0 Å². The molecule has 1 fully saturated rings. The van der Waals surface area contributed by atoms with E-state index in [1.807, 2.05) is 24.3 Å². The van der Waals surface area contributed by atoms with Gasteiger partial charge in [-0.1, -0.05) is 30.4 Å². The Hall–Kier alpha value is -2.05. The van der Waals surface area contributed by atoms with Gasteiger partial charge in [-0.3, -0.25) is 4.79 Å². The maximum absolute atomic E-state index is 13.0. The Labute approximate surface area is 157 Å². The minimum Gasteiger partial charge on any atom is -0.449 e. The Bertz CT molecular complexity index is 783. The van der Waals surface area contributed by atoms with Crippen LogP contribution in [0.5, 0.6) is 0 Å². The van der Waals surface area contributed by atoms with E-state index in [1.54, 1.807) is 11.8 Å². The molecule has 1 N–H and O–H groups in total. The highest BCUT2D eigenvalue weighted by molar-refractivity contribution is 6.27. The summed E-state index contributed by atoms with van der Waals surface area (Å²) in [6, 6.07) is 7.35. The Kier molecular flexibility index (Phi) is 4.20. The zero-order chi connectivity index (χ0) is 18.4. The van der Waals surface area contributed by atoms with E-state index in [9.17, 15) is 9.59 Å². The lowest BCUT2D eigenvalue weighted by Gasteiger charge is -2.49. The van der Waals surface area contributed by atoms with Crippen LogP contribution in [0.3, 0.4) is 0 Å². The second-order valence-electron chi connectivity index (χ2n) is 6.71. The highest BCUT2D eigenvalue weighted by atomic mass is 35.5. The predicted octanol–water partition coefficient (Wildman–Crippen LogP) is 2.70. The summed E-state index contributed by atoms with van der Waals surface area (Å²) in [6.07, 6.45) is 4.99. The van der Waals surface area contributed by atoms with E-state index in [-0.39, 0.29) is 18.4 Å². The fourth-order valence-electron chi connectivity index (χ4n) is 4.73. The maximum atomic E-state index is 13.0. The Morgan fingerprint density at radius 2 is 2.23 bits per heavy atom. The van der Waals surface area contributed by atoms with E-state index in [2.05, 4.69) is 17.5 Å². The van der Waals surface area contributed by atoms with Crippen LogP contribution in [-0.2, 0) is 19.7 Å². The number of ether oxygens (including phenoxy) is 2. The first kappa shape index (κ1) is 17.4. The van der Waals surface area contributed by atoms with Gasteiger partial charge in [0.25, 0.3) is 0 Å². The number of nitrogens with one attached hydrogen (secondary N) is 1. The van der Waals surface area contributed by atoms with Crippen LogP contribution < -0.4 is 10.2 Å². The fraction of sp³-hybridized carbons (Fsp3) is 0.474. The van der Waals surface area contributed by atoms with Gasteiger partial charge in [-0.25, -0.2) is 9.69 Å². The highest BCUT2D eigenvalue weighted by Crippen LogP contribution is 2.61. The minimum atomic E-state index is -1.04. The molecule has 2 heterocycles. The number of carbonyl (C=O) groups excluding carboxylic acids is 2. The fourth-order valence-corrected chi connectivity index (χ4v) is 4.81. The molecule has 3 aliphatic rings. The Morgan fingerprint density at radius 1 is 1.42 bits per heavy atom. The molecule has 1 aromatic carbocycles. The molecule has 1 saturated heterocycles. The van der Waals surface area contributed by atoms with Crippen LogP contribution in [0, 0.1) is 0 Å². The lowest BCUT2D eigenvalue weighted by molar-refractivity contribution is -0.123. The third-order valence-corrected chi connectivity index (χ3v) is 5.81. The smallest absolute Gasteiger partial charge is 0.416 e. The van der Waals surface area contributed by atoms with Gasteiger partial charge >= 0.3 is 6.09 Å². The number of anilines is 1. The first-order valence-electron chi connectivity index (χ1n) is 8.84. The first-order chi connectivity index (χ1) is 12.6. The van der Waals surface area contributed by atoms with Gasteiger partial charge in [-0.2, -0.15) is 0 Å². The summed E-state index contributed by atoms with van der Waals surface area (Å²) < 4.78 is 11.7. The van der Waals surface area contributed by atoms with E-state index in [1.165, 1.54) is 0 Å². The van der Waals surface area contributed by atoms with Gasteiger partial charge in [0.15, 0.2) is 5.72 Å². The average molecular weight is 377 g/mol. The molecule has 138 valence electrons. The first-order valence-corrected chi connectivity index (χ1v) is 9.37. The second kappa shape index (κ2) is 6.28. The third kappa shape index (κ3) is 2.09. The number of hydrogen-bond donors (Lipinski definition) is 1. The van der Waals surface area contributed by atoms with Crippen LogP contribution in [-0.4, -0.2) is 42.9 Å². The summed E-state index contributed by atoms with van der Waals surface area (Å²) in [5.74, 6) is -0.430. The number of alkyl halides is 1. The van der Waals surface area contributed by atoms with E-state index in [4.69, 9.17) is 21.1 Å². The zero-order valence-corrected chi connectivity index (χ0v) is 15.3. The SMILES string of the molecule is CCOC(=O)N1c2ccccc2[C@@]23C=CC[C@H](NC(=O)CCl)[C@@]12OCC3. The van der Waals surface area contributed by atoms with Gasteiger partial charge in [-0.05, 0) is 31.4 Å². The van der Waals surface area contributed by atoms with Gasteiger partial charge in [0.1, 0.15) is 5.88 Å². The van der Waals surface area contributed by atoms with Crippen LogP contribution >= 0.6 is 11.6 Å². The number of hydrogen-bond acceptors (Lipinski definition) is 4. The van der Waals surface area contributed by atoms with Crippen LogP contribution in [0.2, 0.25) is 0 Å². The van der Waals surface area contributed by atoms with Crippen molar-refractivity contribution in [2.45, 2.75) is 36.9 Å². The molecule has 6 nitrogen and oxygen atoms in total. The number of nitrogens with zero attached hydrogens (tertiary/aromatic N) is 1. The molecule has 26 heavy (non-hydrogen) atoms. The van der Waals surface area contributed by atoms with Crippen molar-refractivity contribution in [1.82, 2.24) is 5.32 Å². The van der Waals surface area contributed by atoms with Crippen molar-refractivity contribution in [3.63, 3.8) is 0 Å². The third-order valence-electron chi connectivity index (χ3n) is 5.57. The number of rotatable bonds is 3. The summed E-state index contributed by atoms with van der Waals surface area (Å²) in [5.41, 5.74) is 0.229. The molecule has 0 spiro atoms. The summed E-state index contributed by atoms with van der Waals surface area (Å²) in [5, 5.41) is 2.96. The summed E-state index contributed by atoms with van der Waals surface area (Å²) in [7, 11) is 0. The molecule has 0 radical (unpaired) electrons. The molecule has 3 atom stereocenters. The number of fused-ring (bicyclic) bond motifs is 1. The normalized spacial score (nSPS) is 31.2. The van der Waals surface area contributed by atoms with Crippen molar-refractivity contribution in [3.8, 4) is 0 Å².